The second kappa shape index (κ2) is 6.26. The molecule has 15 heavy (non-hydrogen) atoms. The van der Waals surface area contributed by atoms with Crippen molar-refractivity contribution in [2.45, 2.75) is 12.8 Å². The molecule has 0 bridgehead atoms. The van der Waals surface area contributed by atoms with Gasteiger partial charge in [0.15, 0.2) is 0 Å². The number of rotatable bonds is 5. The highest BCUT2D eigenvalue weighted by Gasteiger charge is 2.03. The summed E-state index contributed by atoms with van der Waals surface area (Å²) in [7, 11) is 0. The quantitative estimate of drug-likeness (QED) is 0.601. The van der Waals surface area contributed by atoms with Crippen LogP contribution < -0.4 is 4.74 Å². The third-order valence-corrected chi connectivity index (χ3v) is 2.37. The average molecular weight is 266 g/mol. The Morgan fingerprint density at radius 3 is 3.00 bits per heavy atom. The van der Waals surface area contributed by atoms with Crippen molar-refractivity contribution in [3.63, 3.8) is 0 Å². The van der Waals surface area contributed by atoms with Gasteiger partial charge in [-0.2, -0.15) is 5.26 Å². The first-order valence-corrected chi connectivity index (χ1v) is 5.50. The summed E-state index contributed by atoms with van der Waals surface area (Å²) in [5, 5.41) is 8.85. The second-order valence-corrected chi connectivity index (χ2v) is 3.95. The van der Waals surface area contributed by atoms with Crippen LogP contribution in [0.4, 0.5) is 0 Å². The van der Waals surface area contributed by atoms with E-state index in [-0.39, 0.29) is 0 Å². The molecule has 0 saturated carbocycles. The van der Waals surface area contributed by atoms with E-state index in [1.54, 1.807) is 6.07 Å². The Labute approximate surface area is 98.3 Å². The third-order valence-electron chi connectivity index (χ3n) is 1.87. The lowest BCUT2D eigenvalue weighted by molar-refractivity contribution is 0.311. The van der Waals surface area contributed by atoms with Gasteiger partial charge in [0.25, 0.3) is 0 Å². The molecule has 2 nitrogen and oxygen atoms in total. The molecule has 0 spiro atoms. The predicted octanol–water partition coefficient (Wildman–Crippen LogP) is 3.67. The predicted molar refractivity (Wildman–Crippen MR) is 63.8 cm³/mol. The maximum atomic E-state index is 8.85. The SMILES string of the molecule is C=CCCCOc1cc(Br)ccc1C#N. The van der Waals surface area contributed by atoms with Gasteiger partial charge >= 0.3 is 0 Å². The first-order valence-electron chi connectivity index (χ1n) is 4.71. The first kappa shape index (κ1) is 11.8. The second-order valence-electron chi connectivity index (χ2n) is 3.03. The summed E-state index contributed by atoms with van der Waals surface area (Å²) in [6.07, 6.45) is 3.70. The van der Waals surface area contributed by atoms with E-state index in [1.165, 1.54) is 0 Å². The zero-order valence-corrected chi connectivity index (χ0v) is 9.96. The number of halogens is 1. The molecule has 0 amide bonds. The van der Waals surface area contributed by atoms with Gasteiger partial charge in [0, 0.05) is 4.47 Å². The Morgan fingerprint density at radius 2 is 2.33 bits per heavy atom. The molecule has 0 N–H and O–H groups in total. The number of unbranched alkanes of at least 4 members (excludes halogenated alkanes) is 1. The van der Waals surface area contributed by atoms with Gasteiger partial charge in [-0.1, -0.05) is 22.0 Å². The third kappa shape index (κ3) is 3.77. The summed E-state index contributed by atoms with van der Waals surface area (Å²) in [6.45, 7) is 4.25. The van der Waals surface area contributed by atoms with E-state index in [2.05, 4.69) is 28.6 Å². The molecule has 1 aromatic rings. The van der Waals surface area contributed by atoms with Crippen molar-refractivity contribution in [3.8, 4) is 11.8 Å². The molecular formula is C12H12BrNO. The zero-order chi connectivity index (χ0) is 11.1. The normalized spacial score (nSPS) is 9.33. The van der Waals surface area contributed by atoms with Gasteiger partial charge in [-0.15, -0.1) is 6.58 Å². The van der Waals surface area contributed by atoms with Crippen molar-refractivity contribution in [1.82, 2.24) is 0 Å². The van der Waals surface area contributed by atoms with E-state index >= 15 is 0 Å². The van der Waals surface area contributed by atoms with Crippen molar-refractivity contribution in [3.05, 3.63) is 40.9 Å². The Bertz CT molecular complexity index is 382. The van der Waals surface area contributed by atoms with E-state index in [0.717, 1.165) is 17.3 Å². The number of nitriles is 1. The van der Waals surface area contributed by atoms with Crippen LogP contribution in [0, 0.1) is 11.3 Å². The molecule has 0 aliphatic rings. The minimum atomic E-state index is 0.566. The van der Waals surface area contributed by atoms with E-state index in [0.29, 0.717) is 17.9 Å². The fourth-order valence-corrected chi connectivity index (χ4v) is 1.46. The highest BCUT2D eigenvalue weighted by Crippen LogP contribution is 2.23. The van der Waals surface area contributed by atoms with Crippen LogP contribution in [0.5, 0.6) is 5.75 Å². The molecular weight excluding hydrogens is 254 g/mol. The van der Waals surface area contributed by atoms with Crippen LogP contribution in [-0.2, 0) is 0 Å². The molecule has 0 saturated heterocycles. The van der Waals surface area contributed by atoms with Gasteiger partial charge < -0.3 is 4.74 Å². The summed E-state index contributed by atoms with van der Waals surface area (Å²) in [6, 6.07) is 7.48. The van der Waals surface area contributed by atoms with E-state index < -0.39 is 0 Å². The smallest absolute Gasteiger partial charge is 0.138 e. The zero-order valence-electron chi connectivity index (χ0n) is 8.37. The molecule has 0 radical (unpaired) electrons. The molecule has 0 aliphatic heterocycles. The number of hydrogen-bond acceptors (Lipinski definition) is 2. The lowest BCUT2D eigenvalue weighted by atomic mass is 10.2. The Hall–Kier alpha value is -1.27. The topological polar surface area (TPSA) is 33.0 Å². The minimum Gasteiger partial charge on any atom is -0.492 e. The van der Waals surface area contributed by atoms with Crippen LogP contribution in [-0.4, -0.2) is 6.61 Å². The van der Waals surface area contributed by atoms with E-state index in [1.807, 2.05) is 18.2 Å². The van der Waals surface area contributed by atoms with Crippen molar-refractivity contribution < 1.29 is 4.74 Å². The van der Waals surface area contributed by atoms with Crippen molar-refractivity contribution in [2.24, 2.45) is 0 Å². The Balaban J connectivity index is 2.63. The van der Waals surface area contributed by atoms with Gasteiger partial charge in [0.05, 0.1) is 12.2 Å². The molecule has 1 aromatic carbocycles. The fourth-order valence-electron chi connectivity index (χ4n) is 1.12. The van der Waals surface area contributed by atoms with Gasteiger partial charge in [-0.25, -0.2) is 0 Å². The number of ether oxygens (including phenoxy) is 1. The standard InChI is InChI=1S/C12H12BrNO/c1-2-3-4-7-15-12-8-11(13)6-5-10(12)9-14/h2,5-6,8H,1,3-4,7H2. The van der Waals surface area contributed by atoms with Crippen LogP contribution in [0.15, 0.2) is 35.3 Å². The van der Waals surface area contributed by atoms with Gasteiger partial charge in [-0.3, -0.25) is 0 Å². The number of benzene rings is 1. The molecule has 0 atom stereocenters. The first-order chi connectivity index (χ1) is 7.27. The molecule has 3 heteroatoms. The van der Waals surface area contributed by atoms with Crippen molar-refractivity contribution in [2.75, 3.05) is 6.61 Å². The van der Waals surface area contributed by atoms with Crippen LogP contribution in [0.2, 0.25) is 0 Å². The number of hydrogen-bond donors (Lipinski definition) is 0. The summed E-state index contributed by atoms with van der Waals surface area (Å²) in [5.41, 5.74) is 0.566. The maximum absolute atomic E-state index is 8.85. The van der Waals surface area contributed by atoms with Gasteiger partial charge in [0.1, 0.15) is 11.8 Å². The monoisotopic (exact) mass is 265 g/mol. The molecule has 0 fully saturated rings. The lowest BCUT2D eigenvalue weighted by Crippen LogP contribution is -1.98. The maximum Gasteiger partial charge on any atom is 0.138 e. The summed E-state index contributed by atoms with van der Waals surface area (Å²) >= 11 is 3.34. The van der Waals surface area contributed by atoms with Crippen molar-refractivity contribution >= 4 is 15.9 Å². The Morgan fingerprint density at radius 1 is 1.53 bits per heavy atom. The minimum absolute atomic E-state index is 0.566. The highest BCUT2D eigenvalue weighted by molar-refractivity contribution is 9.10. The average Bonchev–Trinajstić information content (AvgIpc) is 2.25. The number of nitrogens with zero attached hydrogens (tertiary/aromatic N) is 1. The molecule has 0 heterocycles. The van der Waals surface area contributed by atoms with Gasteiger partial charge in [0.2, 0.25) is 0 Å². The van der Waals surface area contributed by atoms with Crippen LogP contribution in [0.3, 0.4) is 0 Å². The number of allylic oxidation sites excluding steroid dienone is 1. The highest BCUT2D eigenvalue weighted by atomic mass is 79.9. The molecule has 1 rings (SSSR count). The van der Waals surface area contributed by atoms with Crippen LogP contribution >= 0.6 is 15.9 Å². The van der Waals surface area contributed by atoms with Gasteiger partial charge in [-0.05, 0) is 31.0 Å². The van der Waals surface area contributed by atoms with Crippen LogP contribution in [0.25, 0.3) is 0 Å². The molecule has 0 aliphatic carbocycles. The summed E-state index contributed by atoms with van der Waals surface area (Å²) in [5.74, 6) is 0.635. The Kier molecular flexibility index (Phi) is 4.92. The van der Waals surface area contributed by atoms with E-state index in [9.17, 15) is 0 Å². The lowest BCUT2D eigenvalue weighted by Gasteiger charge is -2.07. The molecule has 78 valence electrons. The summed E-state index contributed by atoms with van der Waals surface area (Å²) in [4.78, 5) is 0. The largest absolute Gasteiger partial charge is 0.492 e. The summed E-state index contributed by atoms with van der Waals surface area (Å²) < 4.78 is 6.43. The fraction of sp³-hybridized carbons (Fsp3) is 0.250. The molecule has 0 unspecified atom stereocenters. The van der Waals surface area contributed by atoms with E-state index in [4.69, 9.17) is 10.00 Å². The molecule has 0 aromatic heterocycles. The van der Waals surface area contributed by atoms with Crippen LogP contribution in [0.1, 0.15) is 18.4 Å². The van der Waals surface area contributed by atoms with Crippen molar-refractivity contribution in [1.29, 1.82) is 5.26 Å².